The third kappa shape index (κ3) is 6.02. The van der Waals surface area contributed by atoms with E-state index in [9.17, 15) is 4.79 Å². The minimum Gasteiger partial charge on any atom is -0.496 e. The van der Waals surface area contributed by atoms with Crippen LogP contribution in [-0.4, -0.2) is 64.8 Å². The van der Waals surface area contributed by atoms with Gasteiger partial charge >= 0.3 is 0 Å². The number of anilines is 1. The number of aromatic nitrogens is 4. The molecule has 1 aromatic carbocycles. The number of fused-ring (bicyclic) bond motifs is 1. The van der Waals surface area contributed by atoms with Crippen molar-refractivity contribution in [2.24, 2.45) is 0 Å². The summed E-state index contributed by atoms with van der Waals surface area (Å²) in [5, 5.41) is 12.9. The highest BCUT2D eigenvalue weighted by Gasteiger charge is 2.16. The first kappa shape index (κ1) is 24.1. The second-order valence-corrected chi connectivity index (χ2v) is 9.13. The van der Waals surface area contributed by atoms with Crippen molar-refractivity contribution in [2.75, 3.05) is 39.2 Å². The molecule has 3 rings (SSSR count). The average molecular weight is 479 g/mol. The molecule has 32 heavy (non-hydrogen) atoms. The summed E-state index contributed by atoms with van der Waals surface area (Å²) in [5.41, 5.74) is 1.09. The fourth-order valence-electron chi connectivity index (χ4n) is 3.00. The van der Waals surface area contributed by atoms with E-state index in [2.05, 4.69) is 34.6 Å². The molecule has 0 saturated heterocycles. The number of hydrogen-bond acceptors (Lipinski definition) is 8. The molecular weight excluding hydrogens is 452 g/mol. The van der Waals surface area contributed by atoms with Crippen LogP contribution in [0.3, 0.4) is 0 Å². The van der Waals surface area contributed by atoms with Gasteiger partial charge in [0, 0.05) is 30.5 Å². The first-order valence-electron chi connectivity index (χ1n) is 10.2. The van der Waals surface area contributed by atoms with Crippen LogP contribution in [-0.2, 0) is 11.3 Å². The number of carbonyl (C=O) groups is 1. The van der Waals surface area contributed by atoms with Crippen LogP contribution in [0.15, 0.2) is 29.6 Å². The number of hydrogen-bond donors (Lipinski definition) is 2. The van der Waals surface area contributed by atoms with E-state index in [1.54, 1.807) is 47.9 Å². The van der Waals surface area contributed by atoms with Crippen LogP contribution in [0.25, 0.3) is 11.0 Å². The molecule has 9 nitrogen and oxygen atoms in total. The molecule has 11 heteroatoms. The SMILES string of the molecule is COCCNc1nc(SC(C)C)nc2c1cnn2CCNC(=O)c1cc(Cl)ccc1OC. The van der Waals surface area contributed by atoms with Crippen molar-refractivity contribution in [3.8, 4) is 5.75 Å². The lowest BCUT2D eigenvalue weighted by Crippen LogP contribution is -2.28. The Balaban J connectivity index is 1.76. The Labute approximate surface area is 196 Å². The zero-order valence-electron chi connectivity index (χ0n) is 18.5. The number of nitrogens with zero attached hydrogens (tertiary/aromatic N) is 4. The minimum atomic E-state index is -0.270. The topological polar surface area (TPSA) is 103 Å². The summed E-state index contributed by atoms with van der Waals surface area (Å²) < 4.78 is 12.1. The average Bonchev–Trinajstić information content (AvgIpc) is 3.16. The summed E-state index contributed by atoms with van der Waals surface area (Å²) in [4.78, 5) is 21.9. The fourth-order valence-corrected chi connectivity index (χ4v) is 3.87. The van der Waals surface area contributed by atoms with E-state index in [1.165, 1.54) is 7.11 Å². The zero-order chi connectivity index (χ0) is 23.1. The molecule has 0 aliphatic heterocycles. The fraction of sp³-hybridized carbons (Fsp3) is 0.429. The van der Waals surface area contributed by atoms with Crippen molar-refractivity contribution in [3.05, 3.63) is 35.0 Å². The maximum Gasteiger partial charge on any atom is 0.255 e. The zero-order valence-corrected chi connectivity index (χ0v) is 20.1. The number of nitrogens with one attached hydrogen (secondary N) is 2. The van der Waals surface area contributed by atoms with Gasteiger partial charge in [-0.05, 0) is 18.2 Å². The van der Waals surface area contributed by atoms with Crippen LogP contribution < -0.4 is 15.4 Å². The van der Waals surface area contributed by atoms with Gasteiger partial charge in [-0.2, -0.15) is 5.10 Å². The van der Waals surface area contributed by atoms with Crippen molar-refractivity contribution in [1.82, 2.24) is 25.1 Å². The lowest BCUT2D eigenvalue weighted by atomic mass is 10.2. The Morgan fingerprint density at radius 3 is 2.78 bits per heavy atom. The summed E-state index contributed by atoms with van der Waals surface area (Å²) in [7, 11) is 3.17. The van der Waals surface area contributed by atoms with Crippen molar-refractivity contribution in [1.29, 1.82) is 0 Å². The van der Waals surface area contributed by atoms with Gasteiger partial charge < -0.3 is 20.1 Å². The molecule has 2 aromatic heterocycles. The molecule has 172 valence electrons. The van der Waals surface area contributed by atoms with Crippen molar-refractivity contribution in [3.63, 3.8) is 0 Å². The predicted octanol–water partition coefficient (Wildman–Crippen LogP) is 3.48. The molecule has 0 bridgehead atoms. The van der Waals surface area contributed by atoms with E-state index < -0.39 is 0 Å². The van der Waals surface area contributed by atoms with Crippen LogP contribution in [0.5, 0.6) is 5.75 Å². The Bertz CT molecular complexity index is 1080. The second-order valence-electron chi connectivity index (χ2n) is 7.15. The van der Waals surface area contributed by atoms with Crippen molar-refractivity contribution in [2.45, 2.75) is 30.8 Å². The standard InChI is InChI=1S/C21H27ClN6O3S/c1-13(2)32-21-26-18(23-8-10-30-3)16-12-25-28(19(16)27-21)9-7-24-20(29)15-11-14(22)5-6-17(15)31-4/h5-6,11-13H,7-10H2,1-4H3,(H,24,29)(H,23,26,27). The van der Waals surface area contributed by atoms with Gasteiger partial charge in [-0.25, -0.2) is 14.6 Å². The quantitative estimate of drug-likeness (QED) is 0.245. The van der Waals surface area contributed by atoms with Crippen molar-refractivity contribution < 1.29 is 14.3 Å². The van der Waals surface area contributed by atoms with Gasteiger partial charge in [-0.3, -0.25) is 4.79 Å². The normalized spacial score (nSPS) is 11.2. The van der Waals surface area contributed by atoms with Crippen molar-refractivity contribution >= 4 is 46.1 Å². The highest BCUT2D eigenvalue weighted by molar-refractivity contribution is 7.99. The van der Waals surface area contributed by atoms with E-state index in [0.717, 1.165) is 5.39 Å². The lowest BCUT2D eigenvalue weighted by molar-refractivity contribution is 0.0949. The molecule has 0 aliphatic carbocycles. The number of benzene rings is 1. The maximum atomic E-state index is 12.6. The number of methoxy groups -OCH3 is 2. The number of carbonyl (C=O) groups excluding carboxylic acids is 1. The van der Waals surface area contributed by atoms with Gasteiger partial charge in [-0.1, -0.05) is 37.2 Å². The summed E-state index contributed by atoms with van der Waals surface area (Å²) in [6, 6.07) is 4.93. The molecule has 0 saturated carbocycles. The molecule has 3 aromatic rings. The molecule has 0 radical (unpaired) electrons. The molecule has 0 spiro atoms. The largest absolute Gasteiger partial charge is 0.496 e. The second kappa shape index (κ2) is 11.3. The molecule has 2 N–H and O–H groups in total. The van der Waals surface area contributed by atoms with Crippen LogP contribution in [0.4, 0.5) is 5.82 Å². The Morgan fingerprint density at radius 1 is 1.25 bits per heavy atom. The van der Waals surface area contributed by atoms with Gasteiger partial charge in [0.2, 0.25) is 0 Å². The Morgan fingerprint density at radius 2 is 2.06 bits per heavy atom. The summed E-state index contributed by atoms with van der Waals surface area (Å²) in [6.07, 6.45) is 1.73. The van der Waals surface area contributed by atoms with E-state index >= 15 is 0 Å². The summed E-state index contributed by atoms with van der Waals surface area (Å²) in [6.45, 7) is 6.16. The Hall–Kier alpha value is -2.56. The summed E-state index contributed by atoms with van der Waals surface area (Å²) >= 11 is 7.61. The van der Waals surface area contributed by atoms with Gasteiger partial charge in [0.15, 0.2) is 10.8 Å². The van der Waals surface area contributed by atoms with E-state index in [0.29, 0.717) is 64.4 Å². The first-order chi connectivity index (χ1) is 15.4. The number of thioether (sulfide) groups is 1. The minimum absolute atomic E-state index is 0.270. The molecule has 0 aliphatic rings. The van der Waals surface area contributed by atoms with Gasteiger partial charge in [0.25, 0.3) is 5.91 Å². The first-order valence-corrected chi connectivity index (χ1v) is 11.4. The summed E-state index contributed by atoms with van der Waals surface area (Å²) in [5.74, 6) is 0.911. The van der Waals surface area contributed by atoms with E-state index in [4.69, 9.17) is 26.1 Å². The molecular formula is C21H27ClN6O3S. The number of ether oxygens (including phenoxy) is 2. The molecule has 2 heterocycles. The number of halogens is 1. The Kier molecular flexibility index (Phi) is 8.54. The monoisotopic (exact) mass is 478 g/mol. The highest BCUT2D eigenvalue weighted by Crippen LogP contribution is 2.26. The third-order valence-corrected chi connectivity index (χ3v) is 5.53. The molecule has 0 atom stereocenters. The molecule has 0 fully saturated rings. The van der Waals surface area contributed by atoms with Crippen LogP contribution in [0, 0.1) is 0 Å². The third-order valence-electron chi connectivity index (χ3n) is 4.43. The van der Waals surface area contributed by atoms with Gasteiger partial charge in [0.05, 0.1) is 37.4 Å². The highest BCUT2D eigenvalue weighted by atomic mass is 35.5. The number of amides is 1. The number of rotatable bonds is 11. The molecule has 1 amide bonds. The molecule has 0 unspecified atom stereocenters. The van der Waals surface area contributed by atoms with Crippen LogP contribution in [0.2, 0.25) is 5.02 Å². The smallest absolute Gasteiger partial charge is 0.255 e. The predicted molar refractivity (Wildman–Crippen MR) is 127 cm³/mol. The van der Waals surface area contributed by atoms with Gasteiger partial charge in [-0.15, -0.1) is 0 Å². The van der Waals surface area contributed by atoms with E-state index in [-0.39, 0.29) is 5.91 Å². The van der Waals surface area contributed by atoms with E-state index in [1.807, 2.05) is 0 Å². The van der Waals surface area contributed by atoms with Crippen LogP contribution in [0.1, 0.15) is 24.2 Å². The lowest BCUT2D eigenvalue weighted by Gasteiger charge is -2.11. The maximum absolute atomic E-state index is 12.6. The van der Waals surface area contributed by atoms with Gasteiger partial charge in [0.1, 0.15) is 11.6 Å². The van der Waals surface area contributed by atoms with Crippen LogP contribution >= 0.6 is 23.4 Å².